The Morgan fingerprint density at radius 3 is 0.639 bits per heavy atom. The molecule has 0 aromatic heterocycles. The summed E-state index contributed by atoms with van der Waals surface area (Å²) in [5.41, 5.74) is 15.9. The van der Waals surface area contributed by atoms with Crippen LogP contribution in [0.2, 0.25) is 0 Å². The Morgan fingerprint density at radius 1 is 0.197 bits per heavy atom. The number of rotatable bonds is 12. The quantitative estimate of drug-likeness (QED) is 0.122. The summed E-state index contributed by atoms with van der Waals surface area (Å²) in [6.07, 6.45) is 0. The first-order valence-corrected chi connectivity index (χ1v) is 20.9. The molecule has 9 aromatic carbocycles. The zero-order chi connectivity index (χ0) is 41.5. The summed E-state index contributed by atoms with van der Waals surface area (Å²) in [5, 5.41) is 0. The van der Waals surface area contributed by atoms with Crippen molar-refractivity contribution in [1.82, 2.24) is 0 Å². The summed E-state index contributed by atoms with van der Waals surface area (Å²) >= 11 is 0. The van der Waals surface area contributed by atoms with Crippen LogP contribution >= 0.6 is 0 Å². The largest absolute Gasteiger partial charge is 0.308 e. The molecule has 61 heavy (non-hydrogen) atoms. The van der Waals surface area contributed by atoms with E-state index in [1.54, 1.807) is 0 Å². The summed E-state index contributed by atoms with van der Waals surface area (Å²) in [4.78, 5) is 9.68. The van der Waals surface area contributed by atoms with Crippen molar-refractivity contribution < 1.29 is 0 Å². The van der Waals surface area contributed by atoms with E-state index in [0.29, 0.717) is 0 Å². The maximum Gasteiger partial charge on any atom is 0.0968 e. The Kier molecular flexibility index (Phi) is 11.1. The first-order chi connectivity index (χ1) is 30.0. The number of para-hydroxylation sites is 5. The standard InChI is InChI=1S/C57H48N4/c1-43-29-35-51(36-30-43)59(48-23-13-6-14-24-48)55-42-41-54(58(46-19-9-4-10-20-46)47-21-11-5-12-22-47)56(60(49-25-15-7-16-26-49)52-37-31-44(2)32-38-52)57(55)61(50-27-17-8-18-28-50)53-39-33-45(3)34-40-53/h4-42H,1-3H3. The van der Waals surface area contributed by atoms with Gasteiger partial charge in [-0.05, 0) is 130 Å². The molecule has 296 valence electrons. The molecule has 0 saturated heterocycles. The predicted octanol–water partition coefficient (Wildman–Crippen LogP) is 16.5. The van der Waals surface area contributed by atoms with Crippen LogP contribution < -0.4 is 19.6 Å². The molecule has 4 nitrogen and oxygen atoms in total. The van der Waals surface area contributed by atoms with Crippen molar-refractivity contribution >= 4 is 68.2 Å². The highest BCUT2D eigenvalue weighted by atomic mass is 15.3. The molecule has 0 amide bonds. The van der Waals surface area contributed by atoms with Crippen molar-refractivity contribution in [3.05, 3.63) is 253 Å². The van der Waals surface area contributed by atoms with Crippen LogP contribution in [0.3, 0.4) is 0 Å². The number of hydrogen-bond donors (Lipinski definition) is 0. The third-order valence-corrected chi connectivity index (χ3v) is 11.0. The molecule has 0 bridgehead atoms. The van der Waals surface area contributed by atoms with Crippen molar-refractivity contribution in [2.24, 2.45) is 0 Å². The van der Waals surface area contributed by atoms with E-state index in [1.807, 2.05) is 0 Å². The summed E-state index contributed by atoms with van der Waals surface area (Å²) < 4.78 is 0. The van der Waals surface area contributed by atoms with Gasteiger partial charge in [0.25, 0.3) is 0 Å². The molecule has 0 aliphatic heterocycles. The Hall–Kier alpha value is -7.82. The van der Waals surface area contributed by atoms with Crippen LogP contribution in [0.1, 0.15) is 16.7 Å². The number of hydrogen-bond acceptors (Lipinski definition) is 4. The molecule has 0 spiro atoms. The monoisotopic (exact) mass is 788 g/mol. The van der Waals surface area contributed by atoms with E-state index in [4.69, 9.17) is 0 Å². The van der Waals surface area contributed by atoms with Crippen LogP contribution in [-0.4, -0.2) is 0 Å². The molecule has 9 aromatic rings. The average Bonchev–Trinajstić information content (AvgIpc) is 3.31. The fraction of sp³-hybridized carbons (Fsp3) is 0.0526. The lowest BCUT2D eigenvalue weighted by Crippen LogP contribution is -2.23. The van der Waals surface area contributed by atoms with E-state index in [1.165, 1.54) is 16.7 Å². The van der Waals surface area contributed by atoms with Crippen LogP contribution in [0, 0.1) is 20.8 Å². The smallest absolute Gasteiger partial charge is 0.0968 e. The van der Waals surface area contributed by atoms with Crippen LogP contribution in [-0.2, 0) is 0 Å². The van der Waals surface area contributed by atoms with E-state index in [-0.39, 0.29) is 0 Å². The zero-order valence-corrected chi connectivity index (χ0v) is 34.8. The van der Waals surface area contributed by atoms with Gasteiger partial charge < -0.3 is 19.6 Å². The molecule has 0 heterocycles. The lowest BCUT2D eigenvalue weighted by molar-refractivity contribution is 1.17. The maximum absolute atomic E-state index is 2.44. The van der Waals surface area contributed by atoms with Crippen LogP contribution in [0.5, 0.6) is 0 Å². The minimum absolute atomic E-state index is 0.998. The van der Waals surface area contributed by atoms with Gasteiger partial charge in [0.05, 0.1) is 22.7 Å². The van der Waals surface area contributed by atoms with Crippen molar-refractivity contribution in [3.8, 4) is 0 Å². The molecule has 0 unspecified atom stereocenters. The minimum atomic E-state index is 0.998. The summed E-state index contributed by atoms with van der Waals surface area (Å²) in [6.45, 7) is 6.44. The normalized spacial score (nSPS) is 10.9. The lowest BCUT2D eigenvalue weighted by Gasteiger charge is -2.40. The van der Waals surface area contributed by atoms with Gasteiger partial charge >= 0.3 is 0 Å². The summed E-state index contributed by atoms with van der Waals surface area (Å²) in [5.74, 6) is 0. The van der Waals surface area contributed by atoms with E-state index >= 15 is 0 Å². The molecular formula is C57H48N4. The van der Waals surface area contributed by atoms with E-state index in [0.717, 1.165) is 68.2 Å². The van der Waals surface area contributed by atoms with Gasteiger partial charge in [-0.2, -0.15) is 0 Å². The molecular weight excluding hydrogens is 741 g/mol. The van der Waals surface area contributed by atoms with E-state index in [9.17, 15) is 0 Å². The highest BCUT2D eigenvalue weighted by molar-refractivity contribution is 6.07. The van der Waals surface area contributed by atoms with Crippen LogP contribution in [0.25, 0.3) is 0 Å². The van der Waals surface area contributed by atoms with Gasteiger partial charge in [-0.1, -0.05) is 144 Å². The topological polar surface area (TPSA) is 13.0 Å². The molecule has 0 atom stereocenters. The third kappa shape index (κ3) is 8.12. The first-order valence-electron chi connectivity index (χ1n) is 20.9. The van der Waals surface area contributed by atoms with Gasteiger partial charge in [-0.15, -0.1) is 0 Å². The highest BCUT2D eigenvalue weighted by Crippen LogP contribution is 2.58. The summed E-state index contributed by atoms with van der Waals surface area (Å²) in [7, 11) is 0. The Bertz CT molecular complexity index is 2750. The Morgan fingerprint density at radius 2 is 0.393 bits per heavy atom. The fourth-order valence-corrected chi connectivity index (χ4v) is 8.00. The van der Waals surface area contributed by atoms with Crippen LogP contribution in [0.4, 0.5) is 68.2 Å². The Labute approximate surface area is 360 Å². The molecule has 0 N–H and O–H groups in total. The van der Waals surface area contributed by atoms with Crippen molar-refractivity contribution in [2.75, 3.05) is 19.6 Å². The van der Waals surface area contributed by atoms with Gasteiger partial charge in [0.1, 0.15) is 0 Å². The number of aryl methyl sites for hydroxylation is 3. The van der Waals surface area contributed by atoms with Gasteiger partial charge in [0.15, 0.2) is 0 Å². The summed E-state index contributed by atoms with van der Waals surface area (Å²) in [6, 6.07) is 84.9. The molecule has 0 radical (unpaired) electrons. The van der Waals surface area contributed by atoms with Crippen molar-refractivity contribution in [3.63, 3.8) is 0 Å². The number of benzene rings is 9. The second-order valence-electron chi connectivity index (χ2n) is 15.3. The van der Waals surface area contributed by atoms with Gasteiger partial charge in [-0.3, -0.25) is 0 Å². The fourth-order valence-electron chi connectivity index (χ4n) is 8.00. The zero-order valence-electron chi connectivity index (χ0n) is 34.8. The van der Waals surface area contributed by atoms with Gasteiger partial charge in [0.2, 0.25) is 0 Å². The molecule has 0 aliphatic rings. The molecule has 9 rings (SSSR count). The molecule has 0 fully saturated rings. The van der Waals surface area contributed by atoms with E-state index < -0.39 is 0 Å². The van der Waals surface area contributed by atoms with Gasteiger partial charge in [-0.25, -0.2) is 0 Å². The van der Waals surface area contributed by atoms with Crippen LogP contribution in [0.15, 0.2) is 237 Å². The second kappa shape index (κ2) is 17.6. The van der Waals surface area contributed by atoms with Crippen molar-refractivity contribution in [1.29, 1.82) is 0 Å². The molecule has 0 aliphatic carbocycles. The SMILES string of the molecule is Cc1ccc(N(c2ccccc2)c2ccc(N(c3ccccc3)c3ccccc3)c(N(c3ccccc3)c3ccc(C)cc3)c2N(c2ccccc2)c2ccc(C)cc2)cc1. The number of nitrogens with zero attached hydrogens (tertiary/aromatic N) is 4. The highest BCUT2D eigenvalue weighted by Gasteiger charge is 2.33. The van der Waals surface area contributed by atoms with E-state index in [2.05, 4.69) is 277 Å². The number of anilines is 12. The third-order valence-electron chi connectivity index (χ3n) is 11.0. The first kappa shape index (κ1) is 38.7. The lowest BCUT2D eigenvalue weighted by atomic mass is 10.0. The van der Waals surface area contributed by atoms with Crippen molar-refractivity contribution in [2.45, 2.75) is 20.8 Å². The Balaban J connectivity index is 1.51. The average molecular weight is 789 g/mol. The molecule has 0 saturated carbocycles. The molecule has 4 heteroatoms. The van der Waals surface area contributed by atoms with Gasteiger partial charge in [0, 0.05) is 45.5 Å². The minimum Gasteiger partial charge on any atom is -0.308 e. The second-order valence-corrected chi connectivity index (χ2v) is 15.3. The predicted molar refractivity (Wildman–Crippen MR) is 259 cm³/mol. The maximum atomic E-state index is 2.44.